The van der Waals surface area contributed by atoms with Crippen LogP contribution >= 0.6 is 69.6 Å². The SMILES string of the molecule is C=CCOC(=O)Oc1c(C)c2c(c3c1CC1[C@H]4c5c(cc(C)c(C)c5O)C[C@@H]([C@H](C#N)N1[C@H]3CNC(=O)OCC(Cl)(Cl)Cl)N4C)OCO2.C=CCOC(=O)Oc1c(C)c2c(c3c1CC1[C@H]4c5c(cc(C)c(C)c5OCOC)C[C@@H]([C@H](C#N)N1[C@H]3CNC(=O)OCC(Cl)(Cl)Cl)N4C)OCO2. The number of alkyl halides is 6. The smallest absolute Gasteiger partial charge is 0.507 e. The Morgan fingerprint density at radius 3 is 1.42 bits per heavy atom. The number of carbonyl (C=O) groups excluding carboxylic acids is 4. The Hall–Kier alpha value is -7.24. The minimum absolute atomic E-state index is 0.0461. The zero-order valence-corrected chi connectivity index (χ0v) is 60.2. The monoisotopic (exact) mass is 1480 g/mol. The predicted molar refractivity (Wildman–Crippen MR) is 363 cm³/mol. The largest absolute Gasteiger partial charge is 0.514 e. The molecular formula is C68H74Cl6N8O17. The number of phenolic OH excluding ortho intramolecular Hbond substituents is 1. The molecule has 0 aliphatic carbocycles. The summed E-state index contributed by atoms with van der Waals surface area (Å²) < 4.78 is 64.4. The van der Waals surface area contributed by atoms with E-state index in [1.54, 1.807) is 21.0 Å². The molecule has 12 rings (SSSR count). The number of nitrogens with one attached hydrogen (secondary N) is 2. The summed E-state index contributed by atoms with van der Waals surface area (Å²) in [5.41, 5.74) is 11.1. The second-order valence-corrected chi connectivity index (χ2v) is 30.3. The number of aromatic hydroxyl groups is 1. The average Bonchev–Trinajstić information content (AvgIpc) is 1.38. The topological polar surface area (TPSA) is 284 Å². The van der Waals surface area contributed by atoms with Crippen LogP contribution in [0.4, 0.5) is 19.2 Å². The fourth-order valence-electron chi connectivity index (χ4n) is 15.6. The third kappa shape index (κ3) is 13.9. The number of likely N-dealkylation sites (N-methyl/N-ethyl adjacent to an activating group) is 2. The molecule has 3 N–H and O–H groups in total. The van der Waals surface area contributed by atoms with Gasteiger partial charge in [-0.25, -0.2) is 19.2 Å². The Morgan fingerprint density at radius 1 is 0.596 bits per heavy atom. The first kappa shape index (κ1) is 73.0. The number of nitriles is 2. The summed E-state index contributed by atoms with van der Waals surface area (Å²) in [5, 5.41) is 38.9. The van der Waals surface area contributed by atoms with Crippen molar-refractivity contribution >= 4 is 94.1 Å². The summed E-state index contributed by atoms with van der Waals surface area (Å²) in [6, 6.07) is 4.68. The number of ether oxygens (including phenoxy) is 12. The van der Waals surface area contributed by atoms with Crippen molar-refractivity contribution in [2.24, 2.45) is 0 Å². The summed E-state index contributed by atoms with van der Waals surface area (Å²) in [6.07, 6.45) is 1.04. The molecular weight excluding hydrogens is 1410 g/mol. The molecule has 4 bridgehead atoms. The maximum absolute atomic E-state index is 13.0. The number of halogens is 6. The highest BCUT2D eigenvalue weighted by Crippen LogP contribution is 2.61. The molecule has 2 fully saturated rings. The van der Waals surface area contributed by atoms with Gasteiger partial charge in [-0.05, 0) is 115 Å². The first-order valence-corrected chi connectivity index (χ1v) is 33.9. The van der Waals surface area contributed by atoms with Crippen LogP contribution in [0.25, 0.3) is 0 Å². The van der Waals surface area contributed by atoms with E-state index in [0.717, 1.165) is 50.3 Å². The zero-order valence-electron chi connectivity index (χ0n) is 55.6. The second kappa shape index (κ2) is 29.4. The van der Waals surface area contributed by atoms with Gasteiger partial charge >= 0.3 is 24.5 Å². The van der Waals surface area contributed by atoms with E-state index in [4.69, 9.17) is 126 Å². The molecule has 8 aliphatic heterocycles. The van der Waals surface area contributed by atoms with Gasteiger partial charge in [0, 0.05) is 88.9 Å². The van der Waals surface area contributed by atoms with Crippen LogP contribution in [-0.4, -0.2) is 174 Å². The van der Waals surface area contributed by atoms with E-state index in [0.29, 0.717) is 75.6 Å². The van der Waals surface area contributed by atoms with Crippen LogP contribution < -0.4 is 43.8 Å². The van der Waals surface area contributed by atoms with E-state index in [1.165, 1.54) is 12.2 Å². The number of fused-ring (bicyclic) bond motifs is 18. The van der Waals surface area contributed by atoms with E-state index in [2.05, 4.69) is 67.7 Å². The number of methoxy groups -OCH3 is 1. The molecule has 31 heteroatoms. The van der Waals surface area contributed by atoms with Gasteiger partial charge < -0.3 is 72.6 Å². The molecule has 8 aliphatic rings. The lowest BCUT2D eigenvalue weighted by molar-refractivity contribution is -0.0730. The van der Waals surface area contributed by atoms with Crippen LogP contribution in [-0.2, 0) is 49.4 Å². The lowest BCUT2D eigenvalue weighted by atomic mass is 9.71. The van der Waals surface area contributed by atoms with E-state index < -0.39 is 81.5 Å². The Balaban J connectivity index is 0.000000200. The third-order valence-corrected chi connectivity index (χ3v) is 20.4. The summed E-state index contributed by atoms with van der Waals surface area (Å²) in [7, 11) is 5.54. The van der Waals surface area contributed by atoms with Gasteiger partial charge in [0.25, 0.3) is 0 Å². The van der Waals surface area contributed by atoms with Gasteiger partial charge in [0.15, 0.2) is 29.8 Å². The molecule has 2 unspecified atom stereocenters. The number of phenols is 1. The van der Waals surface area contributed by atoms with Crippen LogP contribution in [0.15, 0.2) is 37.4 Å². The minimum atomic E-state index is -1.82. The van der Waals surface area contributed by atoms with E-state index in [9.17, 15) is 34.8 Å². The maximum Gasteiger partial charge on any atom is 0.514 e. The lowest BCUT2D eigenvalue weighted by Gasteiger charge is -2.60. The predicted octanol–water partition coefficient (Wildman–Crippen LogP) is 11.5. The van der Waals surface area contributed by atoms with Crippen LogP contribution in [0.3, 0.4) is 0 Å². The standard InChI is InChI=1S/C35H39Cl3N4O9.C33H35Cl3N4O8/c1-7-8-46-34(44)51-29-19(4)31-32(50-16-49-31)27-21(29)11-23-28-26-20(9-17(2)18(3)30(26)48-15-45-6)10-22(41(28)5)24(12-39)42(23)25(27)13-40-33(43)47-14-35(36,37)38;1-6-7-44-32(43)48-28-17(4)29-30(47-14-46-29)25-19(28)10-21-26-24-18(8-15(2)16(3)27(24)41)9-20(39(26)5)22(11-37)40(21)23(25)12-38-31(42)45-13-33(34,35)36/h7,9,22-25,28H,1,8,10-11,13-16H2,2-6H3,(H,40,43);6,8,20-23,26,41H,1,7,9-10,12-14H2,2-5H3,(H,38,42)/t22-,23?,24-,25-,28-;20-,21?,22-,23-,26-/m00/s1. The normalized spacial score (nSPS) is 23.6. The molecule has 8 heterocycles. The van der Waals surface area contributed by atoms with Crippen LogP contribution in [0, 0.1) is 64.2 Å². The number of aryl methyl sites for hydroxylation is 2. The van der Waals surface area contributed by atoms with Crippen molar-refractivity contribution in [1.29, 1.82) is 10.5 Å². The van der Waals surface area contributed by atoms with Gasteiger partial charge in [0.05, 0.1) is 36.3 Å². The summed E-state index contributed by atoms with van der Waals surface area (Å²) in [6.45, 7) is 17.3. The number of carbonyl (C=O) groups is 4. The second-order valence-electron chi connectivity index (χ2n) is 25.3. The Kier molecular flexibility index (Phi) is 21.7. The molecule has 0 radical (unpaired) electrons. The first-order chi connectivity index (χ1) is 47.1. The number of piperazine rings is 2. The van der Waals surface area contributed by atoms with Gasteiger partial charge in [0.2, 0.25) is 21.2 Å². The molecule has 0 aromatic heterocycles. The Morgan fingerprint density at radius 2 is 1.01 bits per heavy atom. The number of nitrogens with zero attached hydrogens (tertiary/aromatic N) is 6. The third-order valence-electron chi connectivity index (χ3n) is 19.8. The minimum Gasteiger partial charge on any atom is -0.507 e. The maximum atomic E-state index is 13.0. The quantitative estimate of drug-likeness (QED) is 0.0249. The molecule has 2 saturated heterocycles. The van der Waals surface area contributed by atoms with Crippen LogP contribution in [0.2, 0.25) is 0 Å². The molecule has 0 saturated carbocycles. The molecule has 4 aromatic carbocycles. The highest BCUT2D eigenvalue weighted by Gasteiger charge is 2.59. The fraction of sp³-hybridized carbons (Fsp3) is 0.500. The Labute approximate surface area is 602 Å². The van der Waals surface area contributed by atoms with Crippen LogP contribution in [0.1, 0.15) is 102 Å². The number of rotatable bonds is 15. The van der Waals surface area contributed by atoms with Crippen molar-refractivity contribution in [3.05, 3.63) is 115 Å². The highest BCUT2D eigenvalue weighted by molar-refractivity contribution is 6.68. The van der Waals surface area contributed by atoms with Crippen molar-refractivity contribution in [3.8, 4) is 58.1 Å². The van der Waals surface area contributed by atoms with Gasteiger partial charge in [-0.1, -0.05) is 107 Å². The van der Waals surface area contributed by atoms with Gasteiger partial charge in [-0.15, -0.1) is 0 Å². The molecule has 530 valence electrons. The van der Waals surface area contributed by atoms with Crippen molar-refractivity contribution in [2.45, 2.75) is 135 Å². The van der Waals surface area contributed by atoms with Crippen molar-refractivity contribution in [3.63, 3.8) is 0 Å². The highest BCUT2D eigenvalue weighted by atomic mass is 35.6. The number of hydrogen-bond acceptors (Lipinski definition) is 23. The van der Waals surface area contributed by atoms with Crippen molar-refractivity contribution in [2.75, 3.05) is 81.1 Å². The number of amides is 2. The Bertz CT molecular complexity index is 4010. The summed E-state index contributed by atoms with van der Waals surface area (Å²) in [5.74, 6) is 3.02. The molecule has 4 aromatic rings. The van der Waals surface area contributed by atoms with Crippen LogP contribution in [0.5, 0.6) is 46.0 Å². The lowest BCUT2D eigenvalue weighted by Crippen LogP contribution is -2.68. The van der Waals surface area contributed by atoms with Crippen molar-refractivity contribution < 1.29 is 81.1 Å². The average molecular weight is 1490 g/mol. The molecule has 10 atom stereocenters. The molecule has 25 nitrogen and oxygen atoms in total. The van der Waals surface area contributed by atoms with E-state index in [1.807, 2.05) is 41.8 Å². The van der Waals surface area contributed by atoms with Gasteiger partial charge in [-0.3, -0.25) is 19.6 Å². The van der Waals surface area contributed by atoms with Gasteiger partial charge in [0.1, 0.15) is 61.5 Å². The fourth-order valence-corrected chi connectivity index (χ4v) is 15.9. The zero-order chi connectivity index (χ0) is 71.4. The van der Waals surface area contributed by atoms with E-state index >= 15 is 0 Å². The molecule has 99 heavy (non-hydrogen) atoms. The summed E-state index contributed by atoms with van der Waals surface area (Å²) >= 11 is 34.9. The number of hydrogen-bond donors (Lipinski definition) is 3. The number of benzene rings is 4. The first-order valence-electron chi connectivity index (χ1n) is 31.7. The number of alkyl carbamates (subject to hydrolysis) is 2. The summed E-state index contributed by atoms with van der Waals surface area (Å²) in [4.78, 5) is 60.3. The van der Waals surface area contributed by atoms with E-state index in [-0.39, 0.29) is 94.5 Å². The molecule has 2 amide bonds. The molecule has 0 spiro atoms. The van der Waals surface area contributed by atoms with Gasteiger partial charge in [-0.2, -0.15) is 10.5 Å². The van der Waals surface area contributed by atoms with Crippen molar-refractivity contribution in [1.82, 2.24) is 30.2 Å².